The predicted molar refractivity (Wildman–Crippen MR) is 84.1 cm³/mol. The van der Waals surface area contributed by atoms with Crippen molar-refractivity contribution in [2.75, 3.05) is 11.4 Å². The third-order valence-corrected chi connectivity index (χ3v) is 4.12. The lowest BCUT2D eigenvalue weighted by molar-refractivity contribution is 0.607. The number of aromatic nitrogens is 1. The van der Waals surface area contributed by atoms with Crippen LogP contribution in [-0.4, -0.2) is 17.6 Å². The summed E-state index contributed by atoms with van der Waals surface area (Å²) < 4.78 is 0. The molecule has 1 aromatic heterocycles. The normalized spacial score (nSPS) is 18.5. The zero-order valence-electron chi connectivity index (χ0n) is 12.2. The molecule has 1 aliphatic heterocycles. The lowest BCUT2D eigenvalue weighted by atomic mass is 9.91. The molecule has 1 aliphatic rings. The van der Waals surface area contributed by atoms with Crippen LogP contribution in [0.3, 0.4) is 0 Å². The van der Waals surface area contributed by atoms with Crippen LogP contribution in [0.5, 0.6) is 0 Å². The Morgan fingerprint density at radius 3 is 2.64 bits per heavy atom. The Hall–Kier alpha value is -2.85. The van der Waals surface area contributed by atoms with E-state index in [0.717, 1.165) is 30.8 Å². The van der Waals surface area contributed by atoms with Crippen LogP contribution in [-0.2, 0) is 0 Å². The molecule has 0 N–H and O–H groups in total. The second-order valence-corrected chi connectivity index (χ2v) is 5.41. The van der Waals surface area contributed by atoms with E-state index in [1.165, 1.54) is 0 Å². The first kappa shape index (κ1) is 14.1. The number of anilines is 1. The van der Waals surface area contributed by atoms with E-state index in [1.54, 1.807) is 6.07 Å². The Bertz CT molecular complexity index is 727. The van der Waals surface area contributed by atoms with Gasteiger partial charge in [0.2, 0.25) is 0 Å². The van der Waals surface area contributed by atoms with Crippen molar-refractivity contribution >= 4 is 5.82 Å². The molecule has 1 fully saturated rings. The van der Waals surface area contributed by atoms with Gasteiger partial charge < -0.3 is 4.90 Å². The molecule has 2 heterocycles. The molecule has 0 saturated carbocycles. The quantitative estimate of drug-likeness (QED) is 0.869. The zero-order chi connectivity index (χ0) is 15.4. The van der Waals surface area contributed by atoms with E-state index in [4.69, 9.17) is 5.26 Å². The maximum Gasteiger partial charge on any atom is 0.142 e. The molecule has 0 bridgehead atoms. The molecule has 0 radical (unpaired) electrons. The minimum atomic E-state index is -0.184. The van der Waals surface area contributed by atoms with Crippen molar-refractivity contribution in [3.8, 4) is 12.1 Å². The van der Waals surface area contributed by atoms with Gasteiger partial charge >= 0.3 is 0 Å². The Morgan fingerprint density at radius 2 is 1.91 bits per heavy atom. The molecule has 2 unspecified atom stereocenters. The van der Waals surface area contributed by atoms with Gasteiger partial charge in [-0.2, -0.15) is 10.5 Å². The molecule has 3 rings (SSSR count). The number of nitrogens with zero attached hydrogens (tertiary/aromatic N) is 4. The number of rotatable bonds is 3. The second kappa shape index (κ2) is 6.28. The lowest BCUT2D eigenvalue weighted by Crippen LogP contribution is -2.34. The summed E-state index contributed by atoms with van der Waals surface area (Å²) in [5.74, 6) is 0.606. The Labute approximate surface area is 130 Å². The van der Waals surface area contributed by atoms with Crippen molar-refractivity contribution in [2.24, 2.45) is 0 Å². The maximum absolute atomic E-state index is 9.66. The molecule has 0 amide bonds. The van der Waals surface area contributed by atoms with Crippen molar-refractivity contribution in [2.45, 2.75) is 24.8 Å². The van der Waals surface area contributed by atoms with Gasteiger partial charge in [-0.1, -0.05) is 36.4 Å². The molecule has 108 valence electrons. The van der Waals surface area contributed by atoms with E-state index in [2.05, 4.69) is 22.0 Å². The third kappa shape index (κ3) is 2.64. The van der Waals surface area contributed by atoms with E-state index < -0.39 is 0 Å². The summed E-state index contributed by atoms with van der Waals surface area (Å²) in [7, 11) is 0. The topological polar surface area (TPSA) is 63.7 Å². The van der Waals surface area contributed by atoms with Crippen LogP contribution in [0, 0.1) is 22.7 Å². The number of pyridine rings is 1. The first-order valence-corrected chi connectivity index (χ1v) is 7.42. The van der Waals surface area contributed by atoms with Crippen LogP contribution in [0.15, 0.2) is 48.5 Å². The molecule has 1 saturated heterocycles. The van der Waals surface area contributed by atoms with Gasteiger partial charge in [-0.15, -0.1) is 0 Å². The standard InChI is InChI=1S/C18H16N4/c19-12-15-8-4-10-18(21-15)22-11-5-9-17(22)16(13-20)14-6-2-1-3-7-14/h1-4,6-8,10,16-17H,5,9,11H2. The minimum absolute atomic E-state index is 0.105. The van der Waals surface area contributed by atoms with Crippen LogP contribution in [0.4, 0.5) is 5.82 Å². The monoisotopic (exact) mass is 288 g/mol. The van der Waals surface area contributed by atoms with Crippen LogP contribution in [0.1, 0.15) is 30.0 Å². The molecular weight excluding hydrogens is 272 g/mol. The molecule has 22 heavy (non-hydrogen) atoms. The number of hydrogen-bond donors (Lipinski definition) is 0. The highest BCUT2D eigenvalue weighted by molar-refractivity contribution is 5.46. The highest BCUT2D eigenvalue weighted by atomic mass is 15.2. The van der Waals surface area contributed by atoms with Crippen LogP contribution < -0.4 is 4.90 Å². The van der Waals surface area contributed by atoms with Gasteiger partial charge in [-0.25, -0.2) is 4.98 Å². The van der Waals surface area contributed by atoms with Crippen molar-refractivity contribution in [3.05, 3.63) is 59.8 Å². The van der Waals surface area contributed by atoms with Crippen molar-refractivity contribution < 1.29 is 0 Å². The molecule has 1 aromatic carbocycles. The molecule has 0 aliphatic carbocycles. The highest BCUT2D eigenvalue weighted by Gasteiger charge is 2.33. The molecule has 4 nitrogen and oxygen atoms in total. The van der Waals surface area contributed by atoms with E-state index in [-0.39, 0.29) is 12.0 Å². The van der Waals surface area contributed by atoms with Crippen molar-refractivity contribution in [1.82, 2.24) is 4.98 Å². The summed E-state index contributed by atoms with van der Waals surface area (Å²) >= 11 is 0. The van der Waals surface area contributed by atoms with Gasteiger partial charge in [0, 0.05) is 6.54 Å². The zero-order valence-corrected chi connectivity index (χ0v) is 12.2. The van der Waals surface area contributed by atoms with Gasteiger partial charge in [-0.3, -0.25) is 0 Å². The molecular formula is C18H16N4. The minimum Gasteiger partial charge on any atom is -0.352 e. The van der Waals surface area contributed by atoms with Gasteiger partial charge in [0.15, 0.2) is 0 Å². The van der Waals surface area contributed by atoms with Gasteiger partial charge in [0.05, 0.1) is 18.0 Å². The average Bonchev–Trinajstić information content (AvgIpc) is 3.06. The number of benzene rings is 1. The van der Waals surface area contributed by atoms with E-state index in [0.29, 0.717) is 5.69 Å². The Morgan fingerprint density at radius 1 is 1.09 bits per heavy atom. The molecule has 0 spiro atoms. The summed E-state index contributed by atoms with van der Waals surface area (Å²) in [6.45, 7) is 0.873. The number of hydrogen-bond acceptors (Lipinski definition) is 4. The van der Waals surface area contributed by atoms with Crippen molar-refractivity contribution in [1.29, 1.82) is 10.5 Å². The summed E-state index contributed by atoms with van der Waals surface area (Å²) in [6.07, 6.45) is 2.00. The Kier molecular flexibility index (Phi) is 4.03. The van der Waals surface area contributed by atoms with Gasteiger partial charge in [0.1, 0.15) is 17.6 Å². The van der Waals surface area contributed by atoms with Crippen LogP contribution in [0.25, 0.3) is 0 Å². The maximum atomic E-state index is 9.66. The van der Waals surface area contributed by atoms with E-state index >= 15 is 0 Å². The fraction of sp³-hybridized carbons (Fsp3) is 0.278. The third-order valence-electron chi connectivity index (χ3n) is 4.12. The first-order valence-electron chi connectivity index (χ1n) is 7.42. The van der Waals surface area contributed by atoms with Gasteiger partial charge in [0.25, 0.3) is 0 Å². The summed E-state index contributed by atoms with van der Waals surface area (Å²) in [5.41, 5.74) is 1.45. The number of nitriles is 2. The Balaban J connectivity index is 1.92. The van der Waals surface area contributed by atoms with E-state index in [9.17, 15) is 5.26 Å². The fourth-order valence-corrected chi connectivity index (χ4v) is 3.11. The smallest absolute Gasteiger partial charge is 0.142 e. The molecule has 4 heteroatoms. The summed E-state index contributed by atoms with van der Waals surface area (Å²) in [4.78, 5) is 6.56. The first-order chi connectivity index (χ1) is 10.8. The SMILES string of the molecule is N#Cc1cccc(N2CCCC2C(C#N)c2ccccc2)n1. The average molecular weight is 288 g/mol. The largest absolute Gasteiger partial charge is 0.352 e. The van der Waals surface area contributed by atoms with Crippen LogP contribution in [0.2, 0.25) is 0 Å². The van der Waals surface area contributed by atoms with E-state index in [1.807, 2.05) is 42.5 Å². The highest BCUT2D eigenvalue weighted by Crippen LogP contribution is 2.33. The lowest BCUT2D eigenvalue weighted by Gasteiger charge is -2.29. The van der Waals surface area contributed by atoms with Crippen LogP contribution >= 0.6 is 0 Å². The summed E-state index contributed by atoms with van der Waals surface area (Å²) in [5, 5.41) is 18.7. The second-order valence-electron chi connectivity index (χ2n) is 5.41. The fourth-order valence-electron chi connectivity index (χ4n) is 3.11. The van der Waals surface area contributed by atoms with Gasteiger partial charge in [-0.05, 0) is 30.5 Å². The molecule has 2 atom stereocenters. The predicted octanol–water partition coefficient (Wildman–Crippen LogP) is 3.23. The van der Waals surface area contributed by atoms with Crippen molar-refractivity contribution in [3.63, 3.8) is 0 Å². The molecule has 2 aromatic rings. The summed E-state index contributed by atoms with van der Waals surface area (Å²) in [6, 6.07) is 20.0.